The third kappa shape index (κ3) is 5.84. The first-order valence-corrected chi connectivity index (χ1v) is 12.5. The summed E-state index contributed by atoms with van der Waals surface area (Å²) in [5.41, 5.74) is 4.56. The van der Waals surface area contributed by atoms with Gasteiger partial charge in [-0.1, -0.05) is 68.8 Å². The molecular weight excluding hydrogens is 444 g/mol. The zero-order valence-corrected chi connectivity index (χ0v) is 20.3. The van der Waals surface area contributed by atoms with Crippen LogP contribution in [-0.4, -0.2) is 41.8 Å². The van der Waals surface area contributed by atoms with Crippen molar-refractivity contribution in [2.24, 2.45) is 11.8 Å². The number of rotatable bonds is 8. The lowest BCUT2D eigenvalue weighted by Gasteiger charge is -2.29. The van der Waals surface area contributed by atoms with Crippen molar-refractivity contribution in [3.63, 3.8) is 0 Å². The normalized spacial score (nSPS) is 20.0. The van der Waals surface area contributed by atoms with Gasteiger partial charge in [0.25, 0.3) is 0 Å². The van der Waals surface area contributed by atoms with Gasteiger partial charge in [-0.3, -0.25) is 9.59 Å². The lowest BCUT2D eigenvalue weighted by atomic mass is 9.85. The lowest BCUT2D eigenvalue weighted by molar-refractivity contribution is -0.143. The molecule has 2 aromatic rings. The van der Waals surface area contributed by atoms with Crippen LogP contribution in [0.25, 0.3) is 11.1 Å². The molecule has 186 valence electrons. The average Bonchev–Trinajstić information content (AvgIpc) is 3.16. The van der Waals surface area contributed by atoms with E-state index in [0.29, 0.717) is 19.3 Å². The summed E-state index contributed by atoms with van der Waals surface area (Å²) in [5.74, 6) is -1.42. The third-order valence-corrected chi connectivity index (χ3v) is 7.03. The number of carboxylic acids is 1. The summed E-state index contributed by atoms with van der Waals surface area (Å²) >= 11 is 0. The molecule has 7 nitrogen and oxygen atoms in total. The largest absolute Gasteiger partial charge is 0.481 e. The third-order valence-electron chi connectivity index (χ3n) is 7.03. The maximum absolute atomic E-state index is 13.0. The number of hydrogen-bond donors (Lipinski definition) is 3. The van der Waals surface area contributed by atoms with Crippen LogP contribution < -0.4 is 10.6 Å². The van der Waals surface area contributed by atoms with Crippen LogP contribution >= 0.6 is 0 Å². The van der Waals surface area contributed by atoms with E-state index < -0.39 is 24.0 Å². The molecule has 0 spiro atoms. The summed E-state index contributed by atoms with van der Waals surface area (Å²) < 4.78 is 5.63. The highest BCUT2D eigenvalue weighted by Crippen LogP contribution is 2.44. The first-order chi connectivity index (χ1) is 16.8. The Morgan fingerprint density at radius 3 is 2.23 bits per heavy atom. The van der Waals surface area contributed by atoms with Crippen LogP contribution in [0.1, 0.15) is 63.0 Å². The van der Waals surface area contributed by atoms with Crippen molar-refractivity contribution >= 4 is 18.0 Å². The minimum absolute atomic E-state index is 0.0549. The van der Waals surface area contributed by atoms with E-state index in [4.69, 9.17) is 4.74 Å². The molecule has 0 bridgehead atoms. The highest BCUT2D eigenvalue weighted by atomic mass is 16.5. The van der Waals surface area contributed by atoms with E-state index in [1.165, 1.54) is 0 Å². The second kappa shape index (κ2) is 10.9. The fourth-order valence-corrected chi connectivity index (χ4v) is 5.33. The minimum Gasteiger partial charge on any atom is -0.481 e. The molecule has 3 N–H and O–H groups in total. The number of amides is 2. The van der Waals surface area contributed by atoms with Gasteiger partial charge in [-0.15, -0.1) is 0 Å². The molecule has 2 aromatic carbocycles. The predicted octanol–water partition coefficient (Wildman–Crippen LogP) is 4.70. The van der Waals surface area contributed by atoms with E-state index in [2.05, 4.69) is 34.9 Å². The Bertz CT molecular complexity index is 1040. The van der Waals surface area contributed by atoms with Crippen LogP contribution in [-0.2, 0) is 14.3 Å². The van der Waals surface area contributed by atoms with E-state index >= 15 is 0 Å². The zero-order chi connectivity index (χ0) is 24.9. The number of hydrogen-bond acceptors (Lipinski definition) is 4. The van der Waals surface area contributed by atoms with Gasteiger partial charge >= 0.3 is 12.1 Å². The Morgan fingerprint density at radius 2 is 1.63 bits per heavy atom. The Balaban J connectivity index is 1.38. The molecule has 0 unspecified atom stereocenters. The molecule has 4 rings (SSSR count). The number of aliphatic carboxylic acids is 1. The number of nitrogens with one attached hydrogen (secondary N) is 2. The second-order valence-corrected chi connectivity index (χ2v) is 10.1. The molecule has 0 heterocycles. The van der Waals surface area contributed by atoms with Crippen molar-refractivity contribution in [1.29, 1.82) is 0 Å². The molecule has 7 heteroatoms. The molecule has 2 aliphatic carbocycles. The highest BCUT2D eigenvalue weighted by molar-refractivity contribution is 5.86. The van der Waals surface area contributed by atoms with Gasteiger partial charge in [-0.25, -0.2) is 4.79 Å². The smallest absolute Gasteiger partial charge is 0.407 e. The molecule has 2 amide bonds. The van der Waals surface area contributed by atoms with Crippen LogP contribution in [0.5, 0.6) is 0 Å². The van der Waals surface area contributed by atoms with Gasteiger partial charge in [-0.2, -0.15) is 0 Å². The zero-order valence-electron chi connectivity index (χ0n) is 20.3. The van der Waals surface area contributed by atoms with Crippen molar-refractivity contribution in [2.75, 3.05) is 6.61 Å². The van der Waals surface area contributed by atoms with Crippen LogP contribution in [0.3, 0.4) is 0 Å². The molecule has 0 radical (unpaired) electrons. The Kier molecular flexibility index (Phi) is 7.73. The summed E-state index contributed by atoms with van der Waals surface area (Å²) in [7, 11) is 0. The van der Waals surface area contributed by atoms with Gasteiger partial charge in [0.05, 0.1) is 5.92 Å². The summed E-state index contributed by atoms with van der Waals surface area (Å²) in [6.45, 7) is 4.15. The number of carboxylic acid groups (broad SMARTS) is 1. The van der Waals surface area contributed by atoms with E-state index in [1.54, 1.807) is 0 Å². The maximum atomic E-state index is 13.0. The van der Waals surface area contributed by atoms with Gasteiger partial charge in [0.1, 0.15) is 12.6 Å². The molecule has 1 fully saturated rings. The number of ether oxygens (including phenoxy) is 1. The molecule has 2 aliphatic rings. The van der Waals surface area contributed by atoms with Crippen molar-refractivity contribution < 1.29 is 24.2 Å². The second-order valence-electron chi connectivity index (χ2n) is 10.1. The molecule has 3 atom stereocenters. The first-order valence-electron chi connectivity index (χ1n) is 12.5. The molecule has 1 saturated carbocycles. The first kappa shape index (κ1) is 24.8. The van der Waals surface area contributed by atoms with Gasteiger partial charge in [0.2, 0.25) is 5.91 Å². The Morgan fingerprint density at radius 1 is 1.00 bits per heavy atom. The van der Waals surface area contributed by atoms with Crippen LogP contribution in [0.4, 0.5) is 4.79 Å². The summed E-state index contributed by atoms with van der Waals surface area (Å²) in [6.07, 6.45) is 2.39. The van der Waals surface area contributed by atoms with E-state index in [-0.39, 0.29) is 30.4 Å². The maximum Gasteiger partial charge on any atom is 0.407 e. The van der Waals surface area contributed by atoms with Crippen LogP contribution in [0.2, 0.25) is 0 Å². The number of alkyl carbamates (subject to hydrolysis) is 1. The topological polar surface area (TPSA) is 105 Å². The molecular formula is C28H34N2O5. The standard InChI is InChI=1S/C28H34N2O5/c1-17(2)14-25(26(31)29-19-9-7-8-18(15-19)27(32)33)30-28(34)35-16-24-22-12-5-3-10-20(22)21-11-4-6-13-23(21)24/h3-6,10-13,17-19,24-25H,7-9,14-16H2,1-2H3,(H,29,31)(H,30,34)(H,32,33)/t18-,19-,25-/m1/s1. The quantitative estimate of drug-likeness (QED) is 0.510. The fourth-order valence-electron chi connectivity index (χ4n) is 5.33. The average molecular weight is 479 g/mol. The van der Waals surface area contributed by atoms with Crippen LogP contribution in [0, 0.1) is 11.8 Å². The number of benzene rings is 2. The fraction of sp³-hybridized carbons (Fsp3) is 0.464. The number of fused-ring (bicyclic) bond motifs is 3. The number of carbonyl (C=O) groups is 3. The molecule has 0 aliphatic heterocycles. The lowest BCUT2D eigenvalue weighted by Crippen LogP contribution is -2.51. The van der Waals surface area contributed by atoms with Crippen LogP contribution in [0.15, 0.2) is 48.5 Å². The van der Waals surface area contributed by atoms with Gasteiger partial charge < -0.3 is 20.5 Å². The Labute approximate surface area is 206 Å². The summed E-state index contributed by atoms with van der Waals surface area (Å²) in [5, 5.41) is 15.0. The number of carbonyl (C=O) groups excluding carboxylic acids is 2. The minimum atomic E-state index is -0.820. The van der Waals surface area contributed by atoms with E-state index in [1.807, 2.05) is 38.1 Å². The van der Waals surface area contributed by atoms with Crippen molar-refractivity contribution in [2.45, 2.75) is 64.0 Å². The molecule has 0 aromatic heterocycles. The summed E-state index contributed by atoms with van der Waals surface area (Å²) in [6, 6.07) is 15.3. The van der Waals surface area contributed by atoms with Gasteiger partial charge in [0, 0.05) is 12.0 Å². The summed E-state index contributed by atoms with van der Waals surface area (Å²) in [4.78, 5) is 37.1. The predicted molar refractivity (Wildman–Crippen MR) is 133 cm³/mol. The molecule has 0 saturated heterocycles. The van der Waals surface area contributed by atoms with E-state index in [9.17, 15) is 19.5 Å². The van der Waals surface area contributed by atoms with Crippen molar-refractivity contribution in [3.05, 3.63) is 59.7 Å². The molecule has 35 heavy (non-hydrogen) atoms. The van der Waals surface area contributed by atoms with E-state index in [0.717, 1.165) is 35.1 Å². The highest BCUT2D eigenvalue weighted by Gasteiger charge is 2.32. The Hall–Kier alpha value is -3.35. The van der Waals surface area contributed by atoms with Crippen molar-refractivity contribution in [3.8, 4) is 11.1 Å². The van der Waals surface area contributed by atoms with Gasteiger partial charge in [-0.05, 0) is 53.9 Å². The van der Waals surface area contributed by atoms with Gasteiger partial charge in [0.15, 0.2) is 0 Å². The van der Waals surface area contributed by atoms with Crippen molar-refractivity contribution in [1.82, 2.24) is 10.6 Å². The monoisotopic (exact) mass is 478 g/mol. The SMILES string of the molecule is CC(C)C[C@@H](NC(=O)OCC1c2ccccc2-c2ccccc21)C(=O)N[C@@H]1CCC[C@@H](C(=O)O)C1.